The molecule has 12 nitrogen and oxygen atoms in total. The zero-order chi connectivity index (χ0) is 28.7. The second-order valence-corrected chi connectivity index (χ2v) is 13.8. The van der Waals surface area contributed by atoms with Crippen LogP contribution in [0, 0.1) is 11.3 Å². The zero-order valence-corrected chi connectivity index (χ0v) is 23.3. The Bertz CT molecular complexity index is 1500. The highest BCUT2D eigenvalue weighted by Crippen LogP contribution is 2.49. The lowest BCUT2D eigenvalue weighted by Crippen LogP contribution is -2.56. The van der Waals surface area contributed by atoms with E-state index in [1.807, 2.05) is 0 Å². The van der Waals surface area contributed by atoms with Crippen molar-refractivity contribution >= 4 is 27.6 Å². The van der Waals surface area contributed by atoms with E-state index in [-0.39, 0.29) is 57.3 Å². The van der Waals surface area contributed by atoms with Gasteiger partial charge in [-0.05, 0) is 50.8 Å². The molecule has 0 atom stereocenters. The Morgan fingerprint density at radius 2 is 1.90 bits per heavy atom. The lowest BCUT2D eigenvalue weighted by molar-refractivity contribution is -0.123. The van der Waals surface area contributed by atoms with Crippen LogP contribution in [0.5, 0.6) is 0 Å². The largest absolute Gasteiger partial charge is 0.378 e. The van der Waals surface area contributed by atoms with E-state index in [4.69, 9.17) is 10.00 Å². The fraction of sp³-hybridized carbons (Fsp3) is 0.519. The highest BCUT2D eigenvalue weighted by atomic mass is 32.2. The number of nitriles is 1. The summed E-state index contributed by atoms with van der Waals surface area (Å²) in [6, 6.07) is 8.91. The van der Waals surface area contributed by atoms with Crippen LogP contribution in [0.25, 0.3) is 0 Å². The Morgan fingerprint density at radius 3 is 2.58 bits per heavy atom. The number of hydrogen-bond acceptors (Lipinski definition) is 8. The first kappa shape index (κ1) is 27.8. The summed E-state index contributed by atoms with van der Waals surface area (Å²) in [5, 5.41) is 19.0. The van der Waals surface area contributed by atoms with E-state index in [1.165, 1.54) is 23.4 Å². The van der Waals surface area contributed by atoms with Crippen LogP contribution in [-0.2, 0) is 38.9 Å². The molecule has 5 rings (SSSR count). The maximum Gasteiger partial charge on any atom is 0.272 e. The summed E-state index contributed by atoms with van der Waals surface area (Å²) in [7, 11) is -3.96. The molecule has 13 heteroatoms. The minimum absolute atomic E-state index is 0.0216. The van der Waals surface area contributed by atoms with Gasteiger partial charge in [0.2, 0.25) is 5.91 Å². The molecular weight excluding hydrogens is 536 g/mol. The van der Waals surface area contributed by atoms with Gasteiger partial charge < -0.3 is 20.3 Å². The number of sulfone groups is 1. The van der Waals surface area contributed by atoms with Gasteiger partial charge in [0.05, 0.1) is 36.1 Å². The lowest BCUT2D eigenvalue weighted by Gasteiger charge is -2.34. The van der Waals surface area contributed by atoms with E-state index in [2.05, 4.69) is 21.8 Å². The van der Waals surface area contributed by atoms with Gasteiger partial charge in [-0.15, -0.1) is 0 Å². The number of nitrogens with one attached hydrogen (secondary N) is 2. The molecule has 2 bridgehead atoms. The number of carbonyl (C=O) groups excluding carboxylic acids is 3. The molecule has 1 aromatic heterocycles. The van der Waals surface area contributed by atoms with Crippen molar-refractivity contribution in [2.24, 2.45) is 0 Å². The van der Waals surface area contributed by atoms with Gasteiger partial charge in [0, 0.05) is 31.7 Å². The minimum Gasteiger partial charge on any atom is -0.378 e. The predicted molar refractivity (Wildman–Crippen MR) is 143 cm³/mol. The summed E-state index contributed by atoms with van der Waals surface area (Å²) in [4.78, 5) is 41.3. The third kappa shape index (κ3) is 4.75. The number of fused-ring (bicyclic) bond motifs is 1. The first-order valence-electron chi connectivity index (χ1n) is 13.3. The van der Waals surface area contributed by atoms with Crippen LogP contribution < -0.4 is 10.6 Å². The van der Waals surface area contributed by atoms with Crippen molar-refractivity contribution in [1.29, 1.82) is 5.26 Å². The Labute approximate surface area is 232 Å². The van der Waals surface area contributed by atoms with Crippen molar-refractivity contribution in [1.82, 2.24) is 25.3 Å². The van der Waals surface area contributed by atoms with Crippen molar-refractivity contribution < 1.29 is 27.5 Å². The van der Waals surface area contributed by atoms with Crippen LogP contribution in [0.3, 0.4) is 0 Å². The first-order valence-corrected chi connectivity index (χ1v) is 14.8. The van der Waals surface area contributed by atoms with Crippen LogP contribution in [0.4, 0.5) is 0 Å². The van der Waals surface area contributed by atoms with E-state index in [0.29, 0.717) is 30.4 Å². The summed E-state index contributed by atoms with van der Waals surface area (Å²) in [5.41, 5.74) is 2.26. The summed E-state index contributed by atoms with van der Waals surface area (Å²) >= 11 is 0. The smallest absolute Gasteiger partial charge is 0.272 e. The fourth-order valence-electron chi connectivity index (χ4n) is 5.30. The van der Waals surface area contributed by atoms with Gasteiger partial charge in [-0.3, -0.25) is 19.1 Å². The van der Waals surface area contributed by atoms with Crippen LogP contribution in [0.1, 0.15) is 64.4 Å². The van der Waals surface area contributed by atoms with E-state index in [9.17, 15) is 22.8 Å². The van der Waals surface area contributed by atoms with Gasteiger partial charge in [0.15, 0.2) is 15.5 Å². The topological polar surface area (TPSA) is 163 Å². The van der Waals surface area contributed by atoms with Crippen molar-refractivity contribution in [2.75, 3.05) is 32.8 Å². The second kappa shape index (κ2) is 10.3. The fourth-order valence-corrected chi connectivity index (χ4v) is 7.66. The summed E-state index contributed by atoms with van der Waals surface area (Å²) < 4.78 is 31.7. The summed E-state index contributed by atoms with van der Waals surface area (Å²) in [5.74, 6) is -1.41. The maximum absolute atomic E-state index is 13.8. The SMILES string of the molecule is CC1(C)C(=O)NCCOCCn2nc(C(=O)NCc3ccc(C#N)cc3)c3c2C(=O)N(CC3)CC2(CC2)S1(=O)=O. The molecule has 40 heavy (non-hydrogen) atoms. The molecule has 1 saturated carbocycles. The molecule has 3 aliphatic rings. The molecule has 1 aromatic carbocycles. The molecule has 2 aromatic rings. The lowest BCUT2D eigenvalue weighted by atomic mass is 10.0. The van der Waals surface area contributed by atoms with E-state index >= 15 is 0 Å². The molecule has 1 aliphatic carbocycles. The van der Waals surface area contributed by atoms with Gasteiger partial charge in [-0.2, -0.15) is 10.4 Å². The predicted octanol–water partition coefficient (Wildman–Crippen LogP) is 0.555. The molecule has 0 unspecified atom stereocenters. The van der Waals surface area contributed by atoms with Crippen LogP contribution in [0.2, 0.25) is 0 Å². The molecule has 212 valence electrons. The Balaban J connectivity index is 1.43. The molecule has 2 aliphatic heterocycles. The number of amides is 3. The third-order valence-corrected chi connectivity index (χ3v) is 11.2. The number of rotatable bonds is 3. The molecule has 3 heterocycles. The zero-order valence-electron chi connectivity index (χ0n) is 22.5. The van der Waals surface area contributed by atoms with Gasteiger partial charge in [-0.1, -0.05) is 12.1 Å². The van der Waals surface area contributed by atoms with Gasteiger partial charge >= 0.3 is 0 Å². The van der Waals surface area contributed by atoms with Gasteiger partial charge in [-0.25, -0.2) is 8.42 Å². The van der Waals surface area contributed by atoms with Crippen molar-refractivity contribution in [3.63, 3.8) is 0 Å². The number of aromatic nitrogens is 2. The second-order valence-electron chi connectivity index (χ2n) is 10.9. The molecule has 2 N–H and O–H groups in total. The highest BCUT2D eigenvalue weighted by molar-refractivity contribution is 7.95. The Hall–Kier alpha value is -3.76. The number of carbonyl (C=O) groups is 3. The average Bonchev–Trinajstić information content (AvgIpc) is 3.64. The van der Waals surface area contributed by atoms with Crippen molar-refractivity contribution in [2.45, 2.75) is 55.7 Å². The Kier molecular flexibility index (Phi) is 7.18. The molecule has 1 spiro atoms. The molecule has 1 fully saturated rings. The Morgan fingerprint density at radius 1 is 1.18 bits per heavy atom. The minimum atomic E-state index is -3.96. The van der Waals surface area contributed by atoms with E-state index in [1.54, 1.807) is 24.3 Å². The molecular formula is C27H32N6O6S. The number of nitrogens with zero attached hydrogens (tertiary/aromatic N) is 4. The maximum atomic E-state index is 13.8. The number of ether oxygens (including phenoxy) is 1. The third-order valence-electron chi connectivity index (χ3n) is 7.98. The van der Waals surface area contributed by atoms with E-state index in [0.717, 1.165) is 5.56 Å². The highest BCUT2D eigenvalue weighted by Gasteiger charge is 2.63. The van der Waals surface area contributed by atoms with Gasteiger partial charge in [0.25, 0.3) is 11.8 Å². The van der Waals surface area contributed by atoms with Gasteiger partial charge in [0.1, 0.15) is 10.4 Å². The van der Waals surface area contributed by atoms with Crippen LogP contribution in [0.15, 0.2) is 24.3 Å². The normalized spacial score (nSPS) is 21.5. The standard InChI is InChI=1S/C27H32N6O6S/c1-26(2)25(36)29-10-13-39-14-12-33-22-20(7-11-32(24(22)35)17-27(8-9-27)40(26,37)38)21(31-33)23(34)30-16-19-5-3-18(15-28)4-6-19/h3-6H,7-14,16-17H2,1-2H3,(H,29,36)(H,30,34). The van der Waals surface area contributed by atoms with Crippen molar-refractivity contribution in [3.8, 4) is 6.07 Å². The summed E-state index contributed by atoms with van der Waals surface area (Å²) in [6.07, 6.45) is 1.07. The molecule has 0 radical (unpaired) electrons. The average molecular weight is 569 g/mol. The van der Waals surface area contributed by atoms with E-state index < -0.39 is 37.1 Å². The number of hydrogen-bond donors (Lipinski definition) is 2. The number of benzene rings is 1. The van der Waals surface area contributed by atoms with Crippen molar-refractivity contribution in [3.05, 3.63) is 52.3 Å². The first-order chi connectivity index (χ1) is 19.0. The molecule has 0 saturated heterocycles. The monoisotopic (exact) mass is 568 g/mol. The van der Waals surface area contributed by atoms with Crippen LogP contribution in [-0.4, -0.2) is 83.2 Å². The molecule has 3 amide bonds. The van der Waals surface area contributed by atoms with Crippen LogP contribution >= 0.6 is 0 Å². The quantitative estimate of drug-likeness (QED) is 0.542. The summed E-state index contributed by atoms with van der Waals surface area (Å²) in [6.45, 7) is 3.90.